The van der Waals surface area contributed by atoms with Gasteiger partial charge >= 0.3 is 12.4 Å². The number of nitrogens with zero attached hydrogens (tertiary/aromatic N) is 1. The smallest absolute Gasteiger partial charge is 0.405 e. The van der Waals surface area contributed by atoms with Crippen LogP contribution in [0, 0.1) is 5.41 Å². The van der Waals surface area contributed by atoms with Gasteiger partial charge < -0.3 is 9.64 Å². The Kier molecular flexibility index (Phi) is 3.56. The van der Waals surface area contributed by atoms with E-state index in [2.05, 4.69) is 10.1 Å². The Morgan fingerprint density at radius 3 is 2.65 bits per heavy atom. The number of nitrogens with one attached hydrogen (secondary N) is 2. The Morgan fingerprint density at radius 2 is 2.05 bits per heavy atom. The van der Waals surface area contributed by atoms with Crippen molar-refractivity contribution in [3.63, 3.8) is 0 Å². The van der Waals surface area contributed by atoms with Gasteiger partial charge in [0.2, 0.25) is 0 Å². The van der Waals surface area contributed by atoms with Gasteiger partial charge in [0.15, 0.2) is 0 Å². The van der Waals surface area contributed by atoms with Crippen LogP contribution in [0.4, 0.5) is 18.0 Å². The van der Waals surface area contributed by atoms with Gasteiger partial charge in [-0.05, 0) is 13.0 Å². The number of carbonyl (C=O) groups excluding carboxylic acids is 1. The molecule has 0 spiro atoms. The van der Waals surface area contributed by atoms with E-state index in [4.69, 9.17) is 5.41 Å². The minimum absolute atomic E-state index is 0.120. The molecule has 1 heterocycles. The van der Waals surface area contributed by atoms with E-state index in [1.165, 1.54) is 23.1 Å². The fraction of sp³-hybridized carbons (Fsp3) is 0.333. The first-order valence-electron chi connectivity index (χ1n) is 5.84. The first-order valence-corrected chi connectivity index (χ1v) is 5.84. The summed E-state index contributed by atoms with van der Waals surface area (Å²) in [6, 6.07) is 4.09. The van der Waals surface area contributed by atoms with E-state index in [9.17, 15) is 18.0 Å². The van der Waals surface area contributed by atoms with Gasteiger partial charge in [0.25, 0.3) is 0 Å². The number of amides is 2. The maximum absolute atomic E-state index is 12.4. The molecule has 0 saturated carbocycles. The quantitative estimate of drug-likeness (QED) is 0.897. The van der Waals surface area contributed by atoms with Crippen LogP contribution in [0.15, 0.2) is 24.3 Å². The summed E-state index contributed by atoms with van der Waals surface area (Å²) in [4.78, 5) is 12.9. The highest BCUT2D eigenvalue weighted by atomic mass is 19.4. The van der Waals surface area contributed by atoms with Crippen LogP contribution in [-0.4, -0.2) is 29.7 Å². The molecule has 0 radical (unpaired) electrons. The number of likely N-dealkylation sites (N-methyl/N-ethyl adjacent to an activating group) is 1. The van der Waals surface area contributed by atoms with Gasteiger partial charge in [-0.2, -0.15) is 0 Å². The lowest BCUT2D eigenvalue weighted by Crippen LogP contribution is -2.30. The number of para-hydroxylation sites is 1. The van der Waals surface area contributed by atoms with Crippen LogP contribution in [-0.2, 0) is 0 Å². The average Bonchev–Trinajstić information content (AvgIpc) is 2.62. The third-order valence-electron chi connectivity index (χ3n) is 2.87. The van der Waals surface area contributed by atoms with Crippen molar-refractivity contribution in [2.75, 3.05) is 6.54 Å². The van der Waals surface area contributed by atoms with Crippen LogP contribution in [0.3, 0.4) is 0 Å². The van der Waals surface area contributed by atoms with E-state index in [1.807, 2.05) is 0 Å². The van der Waals surface area contributed by atoms with Gasteiger partial charge in [0.05, 0.1) is 0 Å². The van der Waals surface area contributed by atoms with E-state index in [1.54, 1.807) is 6.92 Å². The molecule has 2 amide bonds. The second kappa shape index (κ2) is 5.03. The van der Waals surface area contributed by atoms with Crippen LogP contribution in [0.2, 0.25) is 0 Å². The Balaban J connectivity index is 2.42. The third kappa shape index (κ3) is 2.68. The molecule has 5 nitrogen and oxygen atoms in total. The molecule has 20 heavy (non-hydrogen) atoms. The molecule has 1 aromatic carbocycles. The summed E-state index contributed by atoms with van der Waals surface area (Å²) in [6.45, 7) is 1.94. The Bertz CT molecular complexity index is 545. The number of halogens is 3. The van der Waals surface area contributed by atoms with E-state index >= 15 is 0 Å². The molecule has 2 rings (SSSR count). The van der Waals surface area contributed by atoms with Gasteiger partial charge in [-0.25, -0.2) is 4.79 Å². The number of carbonyl (C=O) groups is 1. The van der Waals surface area contributed by atoms with E-state index in [-0.39, 0.29) is 17.9 Å². The maximum atomic E-state index is 12.4. The van der Waals surface area contributed by atoms with Crippen LogP contribution in [0.25, 0.3) is 0 Å². The number of urea groups is 1. The molecule has 0 bridgehead atoms. The number of amidine groups is 1. The summed E-state index contributed by atoms with van der Waals surface area (Å²) in [5, 5.41) is 10.0. The van der Waals surface area contributed by atoms with Crippen LogP contribution < -0.4 is 10.1 Å². The second-order valence-corrected chi connectivity index (χ2v) is 4.12. The first-order chi connectivity index (χ1) is 9.33. The topological polar surface area (TPSA) is 65.4 Å². The summed E-state index contributed by atoms with van der Waals surface area (Å²) >= 11 is 0. The first kappa shape index (κ1) is 14.2. The highest BCUT2D eigenvalue weighted by Crippen LogP contribution is 2.35. The molecule has 1 fully saturated rings. The molecule has 108 valence electrons. The summed E-state index contributed by atoms with van der Waals surface area (Å²) in [6.07, 6.45) is -4.83. The van der Waals surface area contributed by atoms with Crippen molar-refractivity contribution in [3.8, 4) is 5.75 Å². The van der Waals surface area contributed by atoms with Crippen molar-refractivity contribution in [1.82, 2.24) is 10.2 Å². The van der Waals surface area contributed by atoms with Crippen molar-refractivity contribution in [3.05, 3.63) is 29.8 Å². The molecular formula is C12H12F3N3O2. The summed E-state index contributed by atoms with van der Waals surface area (Å²) in [5.41, 5.74) is 0.120. The average molecular weight is 287 g/mol. The largest absolute Gasteiger partial charge is 0.573 e. The van der Waals surface area contributed by atoms with Gasteiger partial charge in [-0.15, -0.1) is 13.2 Å². The number of benzene rings is 1. The predicted octanol–water partition coefficient (Wildman–Crippen LogP) is 2.65. The molecule has 1 unspecified atom stereocenters. The number of ether oxygens (including phenoxy) is 1. The van der Waals surface area contributed by atoms with E-state index in [0.717, 1.165) is 6.07 Å². The van der Waals surface area contributed by atoms with Crippen LogP contribution in [0.1, 0.15) is 18.5 Å². The lowest BCUT2D eigenvalue weighted by atomic mass is 10.0. The van der Waals surface area contributed by atoms with Gasteiger partial charge in [0.1, 0.15) is 17.6 Å². The molecule has 1 saturated heterocycles. The highest BCUT2D eigenvalue weighted by molar-refractivity contribution is 6.06. The summed E-state index contributed by atoms with van der Waals surface area (Å²) in [7, 11) is 0. The Morgan fingerprint density at radius 1 is 1.40 bits per heavy atom. The highest BCUT2D eigenvalue weighted by Gasteiger charge is 2.39. The van der Waals surface area contributed by atoms with Crippen molar-refractivity contribution < 1.29 is 22.7 Å². The molecule has 1 aliphatic heterocycles. The van der Waals surface area contributed by atoms with Crippen molar-refractivity contribution >= 4 is 11.9 Å². The zero-order valence-electron chi connectivity index (χ0n) is 10.5. The minimum atomic E-state index is -4.83. The molecule has 8 heteroatoms. The number of hydrogen-bond donors (Lipinski definition) is 2. The minimum Gasteiger partial charge on any atom is -0.405 e. The zero-order valence-corrected chi connectivity index (χ0v) is 10.5. The lowest BCUT2D eigenvalue weighted by molar-refractivity contribution is -0.275. The Hall–Kier alpha value is -2.25. The van der Waals surface area contributed by atoms with Gasteiger partial charge in [-0.1, -0.05) is 18.2 Å². The summed E-state index contributed by atoms with van der Waals surface area (Å²) in [5.74, 6) is -0.584. The Labute approximate surface area is 112 Å². The molecular weight excluding hydrogens is 275 g/mol. The molecule has 1 aliphatic rings. The third-order valence-corrected chi connectivity index (χ3v) is 2.87. The zero-order chi connectivity index (χ0) is 14.9. The van der Waals surface area contributed by atoms with Crippen LogP contribution in [0.5, 0.6) is 5.75 Å². The predicted molar refractivity (Wildman–Crippen MR) is 64.5 cm³/mol. The van der Waals surface area contributed by atoms with Crippen LogP contribution >= 0.6 is 0 Å². The molecule has 0 aromatic heterocycles. The monoisotopic (exact) mass is 287 g/mol. The standard InChI is InChI=1S/C12H12F3N3O2/c1-2-18-9(10(16)17-11(18)19)7-5-3-4-6-8(7)20-12(13,14)15/h3-6,9H,2H2,1H3,(H2,16,17,19). The van der Waals surface area contributed by atoms with Crippen molar-refractivity contribution in [2.24, 2.45) is 0 Å². The summed E-state index contributed by atoms with van der Waals surface area (Å²) < 4.78 is 41.1. The molecule has 2 N–H and O–H groups in total. The van der Waals surface area contributed by atoms with E-state index in [0.29, 0.717) is 0 Å². The molecule has 0 aliphatic carbocycles. The lowest BCUT2D eigenvalue weighted by Gasteiger charge is -2.23. The SMILES string of the molecule is CCN1C(=O)NC(=N)C1c1ccccc1OC(F)(F)F. The van der Waals surface area contributed by atoms with Crippen molar-refractivity contribution in [1.29, 1.82) is 5.41 Å². The fourth-order valence-corrected chi connectivity index (χ4v) is 2.10. The van der Waals surface area contributed by atoms with Gasteiger partial charge in [-0.3, -0.25) is 10.7 Å². The number of hydrogen-bond acceptors (Lipinski definition) is 3. The normalized spacial score (nSPS) is 19.2. The molecule has 1 atom stereocenters. The second-order valence-electron chi connectivity index (χ2n) is 4.12. The number of rotatable bonds is 3. The van der Waals surface area contributed by atoms with Crippen molar-refractivity contribution in [2.45, 2.75) is 19.3 Å². The maximum Gasteiger partial charge on any atom is 0.573 e. The van der Waals surface area contributed by atoms with Gasteiger partial charge in [0, 0.05) is 12.1 Å². The molecule has 1 aromatic rings. The number of alkyl halides is 3. The van der Waals surface area contributed by atoms with E-state index < -0.39 is 24.2 Å². The fourth-order valence-electron chi connectivity index (χ4n) is 2.10.